The van der Waals surface area contributed by atoms with Gasteiger partial charge in [-0.25, -0.2) is 0 Å². The fourth-order valence-electron chi connectivity index (χ4n) is 2.49. The van der Waals surface area contributed by atoms with E-state index in [1.54, 1.807) is 0 Å². The Morgan fingerprint density at radius 2 is 1.68 bits per heavy atom. The zero-order valence-corrected chi connectivity index (χ0v) is 15.2. The molecule has 0 aliphatic carbocycles. The Labute approximate surface area is 155 Å². The van der Waals surface area contributed by atoms with Crippen LogP contribution in [-0.4, -0.2) is 12.5 Å². The van der Waals surface area contributed by atoms with Crippen molar-refractivity contribution in [2.75, 3.05) is 11.9 Å². The van der Waals surface area contributed by atoms with Crippen LogP contribution >= 0.6 is 15.9 Å². The number of rotatable bonds is 6. The number of anilines is 1. The minimum absolute atomic E-state index is 0.0709. The average molecular weight is 396 g/mol. The van der Waals surface area contributed by atoms with Crippen molar-refractivity contribution in [2.45, 2.75) is 6.42 Å². The first-order valence-electron chi connectivity index (χ1n) is 8.05. The number of benzene rings is 3. The van der Waals surface area contributed by atoms with Crippen LogP contribution in [0.25, 0.3) is 11.1 Å². The van der Waals surface area contributed by atoms with E-state index in [0.717, 1.165) is 27.0 Å². The topological polar surface area (TPSA) is 38.3 Å². The molecule has 3 aromatic carbocycles. The SMILES string of the molecule is O=C(CCOc1cccc(Br)c1)Nc1ccccc1-c1ccccc1. The third-order valence-corrected chi connectivity index (χ3v) is 4.17. The Hall–Kier alpha value is -2.59. The second-order valence-electron chi connectivity index (χ2n) is 5.52. The summed E-state index contributed by atoms with van der Waals surface area (Å²) in [7, 11) is 0. The van der Waals surface area contributed by atoms with Crippen LogP contribution in [0.2, 0.25) is 0 Å². The molecule has 0 atom stereocenters. The molecule has 0 aliphatic rings. The highest BCUT2D eigenvalue weighted by Crippen LogP contribution is 2.27. The number of hydrogen-bond donors (Lipinski definition) is 1. The number of para-hydroxylation sites is 1. The van der Waals surface area contributed by atoms with E-state index in [0.29, 0.717) is 6.61 Å². The predicted molar refractivity (Wildman–Crippen MR) is 105 cm³/mol. The normalized spacial score (nSPS) is 10.3. The van der Waals surface area contributed by atoms with Crippen molar-refractivity contribution in [3.05, 3.63) is 83.3 Å². The first-order valence-corrected chi connectivity index (χ1v) is 8.84. The van der Waals surface area contributed by atoms with Crippen LogP contribution in [0.5, 0.6) is 5.75 Å². The Morgan fingerprint density at radius 3 is 2.48 bits per heavy atom. The molecule has 3 aromatic rings. The first kappa shape index (κ1) is 17.2. The van der Waals surface area contributed by atoms with Gasteiger partial charge in [-0.1, -0.05) is 70.5 Å². The third-order valence-electron chi connectivity index (χ3n) is 3.68. The van der Waals surface area contributed by atoms with Gasteiger partial charge in [-0.05, 0) is 29.8 Å². The minimum Gasteiger partial charge on any atom is -0.493 e. The Kier molecular flexibility index (Phi) is 5.86. The fraction of sp³-hybridized carbons (Fsp3) is 0.0952. The summed E-state index contributed by atoms with van der Waals surface area (Å²) in [6.45, 7) is 0.329. The number of hydrogen-bond acceptors (Lipinski definition) is 2. The van der Waals surface area contributed by atoms with Gasteiger partial charge in [0, 0.05) is 15.7 Å². The van der Waals surface area contributed by atoms with Crippen molar-refractivity contribution in [1.82, 2.24) is 0 Å². The molecule has 0 saturated heterocycles. The second-order valence-corrected chi connectivity index (χ2v) is 6.43. The summed E-state index contributed by atoms with van der Waals surface area (Å²) in [5.41, 5.74) is 2.88. The standard InChI is InChI=1S/C21H18BrNO2/c22-17-9-6-10-18(15-17)25-14-13-21(24)23-20-12-5-4-11-19(20)16-7-2-1-3-8-16/h1-12,15H,13-14H2,(H,23,24). The van der Waals surface area contributed by atoms with Gasteiger partial charge in [0.1, 0.15) is 5.75 Å². The van der Waals surface area contributed by atoms with E-state index < -0.39 is 0 Å². The van der Waals surface area contributed by atoms with Crippen molar-refractivity contribution >= 4 is 27.5 Å². The summed E-state index contributed by atoms with van der Waals surface area (Å²) < 4.78 is 6.57. The molecule has 0 bridgehead atoms. The van der Waals surface area contributed by atoms with E-state index in [-0.39, 0.29) is 12.3 Å². The molecule has 1 amide bonds. The van der Waals surface area contributed by atoms with E-state index in [1.165, 1.54) is 0 Å². The Bertz CT molecular complexity index is 849. The van der Waals surface area contributed by atoms with Gasteiger partial charge in [-0.2, -0.15) is 0 Å². The van der Waals surface area contributed by atoms with Gasteiger partial charge in [0.25, 0.3) is 0 Å². The monoisotopic (exact) mass is 395 g/mol. The van der Waals surface area contributed by atoms with Crippen molar-refractivity contribution in [3.8, 4) is 16.9 Å². The molecule has 0 aliphatic heterocycles. The molecule has 0 heterocycles. The molecule has 0 saturated carbocycles. The molecular formula is C21H18BrNO2. The number of amides is 1. The number of ether oxygens (including phenoxy) is 1. The molecule has 126 valence electrons. The van der Waals surface area contributed by atoms with E-state index in [4.69, 9.17) is 4.74 Å². The Morgan fingerprint density at radius 1 is 0.920 bits per heavy atom. The van der Waals surface area contributed by atoms with Gasteiger partial charge < -0.3 is 10.1 Å². The number of halogens is 1. The molecular weight excluding hydrogens is 378 g/mol. The van der Waals surface area contributed by atoms with Crippen molar-refractivity contribution < 1.29 is 9.53 Å². The molecule has 3 rings (SSSR count). The van der Waals surface area contributed by atoms with Crippen LogP contribution in [0.4, 0.5) is 5.69 Å². The van der Waals surface area contributed by atoms with Crippen LogP contribution < -0.4 is 10.1 Å². The Balaban J connectivity index is 1.60. The third kappa shape index (κ3) is 4.94. The van der Waals surface area contributed by atoms with Crippen LogP contribution in [-0.2, 0) is 4.79 Å². The predicted octanol–water partition coefficient (Wildman–Crippen LogP) is 5.52. The zero-order chi connectivity index (χ0) is 17.5. The van der Waals surface area contributed by atoms with E-state index >= 15 is 0 Å². The number of carbonyl (C=O) groups excluding carboxylic acids is 1. The fourth-order valence-corrected chi connectivity index (χ4v) is 2.87. The average Bonchev–Trinajstić information content (AvgIpc) is 2.63. The molecule has 0 aromatic heterocycles. The number of carbonyl (C=O) groups is 1. The second kappa shape index (κ2) is 8.49. The summed E-state index contributed by atoms with van der Waals surface area (Å²) in [4.78, 5) is 12.3. The highest BCUT2D eigenvalue weighted by Gasteiger charge is 2.08. The highest BCUT2D eigenvalue weighted by atomic mass is 79.9. The maximum Gasteiger partial charge on any atom is 0.227 e. The van der Waals surface area contributed by atoms with Gasteiger partial charge in [-0.3, -0.25) is 4.79 Å². The lowest BCUT2D eigenvalue weighted by Gasteiger charge is -2.12. The van der Waals surface area contributed by atoms with Gasteiger partial charge in [0.15, 0.2) is 0 Å². The summed E-state index contributed by atoms with van der Waals surface area (Å²) in [5.74, 6) is 0.672. The molecule has 0 radical (unpaired) electrons. The van der Waals surface area contributed by atoms with E-state index in [2.05, 4.69) is 21.2 Å². The zero-order valence-electron chi connectivity index (χ0n) is 13.6. The lowest BCUT2D eigenvalue weighted by atomic mass is 10.0. The van der Waals surface area contributed by atoms with Crippen molar-refractivity contribution in [3.63, 3.8) is 0 Å². The van der Waals surface area contributed by atoms with Crippen LogP contribution in [0.3, 0.4) is 0 Å². The molecule has 0 unspecified atom stereocenters. The molecule has 4 heteroatoms. The summed E-state index contributed by atoms with van der Waals surface area (Å²) in [6, 6.07) is 25.4. The van der Waals surface area contributed by atoms with Crippen LogP contribution in [0.15, 0.2) is 83.3 Å². The number of nitrogens with one attached hydrogen (secondary N) is 1. The largest absolute Gasteiger partial charge is 0.493 e. The van der Waals surface area contributed by atoms with Gasteiger partial charge in [0.2, 0.25) is 5.91 Å². The van der Waals surface area contributed by atoms with Crippen LogP contribution in [0.1, 0.15) is 6.42 Å². The van der Waals surface area contributed by atoms with Crippen LogP contribution in [0, 0.1) is 0 Å². The smallest absolute Gasteiger partial charge is 0.227 e. The maximum atomic E-state index is 12.3. The van der Waals surface area contributed by atoms with Gasteiger partial charge in [0.05, 0.1) is 13.0 Å². The minimum atomic E-state index is -0.0709. The summed E-state index contributed by atoms with van der Waals surface area (Å²) in [5, 5.41) is 2.98. The van der Waals surface area contributed by atoms with E-state index in [9.17, 15) is 4.79 Å². The van der Waals surface area contributed by atoms with Gasteiger partial charge >= 0.3 is 0 Å². The molecule has 0 fully saturated rings. The van der Waals surface area contributed by atoms with Crippen molar-refractivity contribution in [2.24, 2.45) is 0 Å². The molecule has 1 N–H and O–H groups in total. The lowest BCUT2D eigenvalue weighted by Crippen LogP contribution is -2.15. The van der Waals surface area contributed by atoms with Crippen molar-refractivity contribution in [1.29, 1.82) is 0 Å². The van der Waals surface area contributed by atoms with E-state index in [1.807, 2.05) is 78.9 Å². The lowest BCUT2D eigenvalue weighted by molar-refractivity contribution is -0.116. The summed E-state index contributed by atoms with van der Waals surface area (Å²) in [6.07, 6.45) is 0.287. The molecule has 25 heavy (non-hydrogen) atoms. The quantitative estimate of drug-likeness (QED) is 0.596. The summed E-state index contributed by atoms with van der Waals surface area (Å²) >= 11 is 3.40. The first-order chi connectivity index (χ1) is 12.2. The van der Waals surface area contributed by atoms with Gasteiger partial charge in [-0.15, -0.1) is 0 Å². The maximum absolute atomic E-state index is 12.3. The molecule has 3 nitrogen and oxygen atoms in total. The molecule has 0 spiro atoms. The highest BCUT2D eigenvalue weighted by molar-refractivity contribution is 9.10.